The van der Waals surface area contributed by atoms with Crippen molar-refractivity contribution in [2.24, 2.45) is 5.73 Å². The number of fused-ring (bicyclic) bond motifs is 1. The summed E-state index contributed by atoms with van der Waals surface area (Å²) in [5.74, 6) is -0.109. The van der Waals surface area contributed by atoms with E-state index in [1.54, 1.807) is 24.3 Å². The number of Topliss-reactive ketones (excluding diaryl/α,β-unsaturated/α-hetero) is 1. The Morgan fingerprint density at radius 1 is 1.25 bits per heavy atom. The molecule has 82 valence electrons. The molecule has 4 nitrogen and oxygen atoms in total. The number of hydrogen-bond acceptors (Lipinski definition) is 4. The Labute approximate surface area is 91.7 Å². The van der Waals surface area contributed by atoms with Crippen molar-refractivity contribution in [3.63, 3.8) is 0 Å². The van der Waals surface area contributed by atoms with Gasteiger partial charge in [-0.2, -0.15) is 0 Å². The van der Waals surface area contributed by atoms with Crippen molar-refractivity contribution in [2.75, 3.05) is 6.54 Å². The summed E-state index contributed by atoms with van der Waals surface area (Å²) in [6.45, 7) is 0.284. The van der Waals surface area contributed by atoms with E-state index in [9.17, 15) is 9.59 Å². The fourth-order valence-electron chi connectivity index (χ4n) is 1.58. The van der Waals surface area contributed by atoms with Crippen LogP contribution in [-0.2, 0) is 0 Å². The van der Waals surface area contributed by atoms with Gasteiger partial charge in [0.1, 0.15) is 5.58 Å². The van der Waals surface area contributed by atoms with Gasteiger partial charge in [-0.3, -0.25) is 4.79 Å². The molecular weight excluding hydrogens is 206 g/mol. The van der Waals surface area contributed by atoms with E-state index in [2.05, 4.69) is 0 Å². The van der Waals surface area contributed by atoms with Crippen molar-refractivity contribution in [1.29, 1.82) is 0 Å². The molecule has 0 saturated carbocycles. The Kier molecular flexibility index (Phi) is 2.83. The third-order valence-electron chi connectivity index (χ3n) is 2.32. The topological polar surface area (TPSA) is 73.3 Å². The maximum absolute atomic E-state index is 11.7. The zero-order chi connectivity index (χ0) is 11.5. The predicted molar refractivity (Wildman–Crippen MR) is 60.5 cm³/mol. The third-order valence-corrected chi connectivity index (χ3v) is 2.32. The van der Waals surface area contributed by atoms with E-state index in [0.29, 0.717) is 11.1 Å². The first-order chi connectivity index (χ1) is 7.72. The lowest BCUT2D eigenvalue weighted by molar-refractivity contribution is 0.0986. The van der Waals surface area contributed by atoms with Crippen LogP contribution < -0.4 is 11.4 Å². The summed E-state index contributed by atoms with van der Waals surface area (Å²) in [5, 5.41) is 0.738. The Balaban J connectivity index is 2.65. The Bertz CT molecular complexity index is 586. The molecule has 2 N–H and O–H groups in total. The lowest BCUT2D eigenvalue weighted by Gasteiger charge is -2.02. The van der Waals surface area contributed by atoms with E-state index in [4.69, 9.17) is 10.2 Å². The molecule has 1 heterocycles. The van der Waals surface area contributed by atoms with Crippen LogP contribution in [0.15, 0.2) is 39.5 Å². The minimum Gasteiger partial charge on any atom is -0.422 e. The molecule has 16 heavy (non-hydrogen) atoms. The second kappa shape index (κ2) is 4.28. The second-order valence-electron chi connectivity index (χ2n) is 3.44. The van der Waals surface area contributed by atoms with Crippen LogP contribution in [0.25, 0.3) is 11.0 Å². The highest BCUT2D eigenvalue weighted by Gasteiger charge is 2.11. The fourth-order valence-corrected chi connectivity index (χ4v) is 1.58. The molecule has 2 rings (SSSR count). The quantitative estimate of drug-likeness (QED) is 0.621. The molecule has 2 aromatic rings. The maximum Gasteiger partial charge on any atom is 0.336 e. The Hall–Kier alpha value is -1.94. The standard InChI is InChI=1S/C12H11NO3/c13-7-6-10(14)9-3-1-2-8-4-5-11(15)16-12(8)9/h1-5H,6-7,13H2. The average molecular weight is 217 g/mol. The molecule has 0 atom stereocenters. The third kappa shape index (κ3) is 1.87. The number of para-hydroxylation sites is 1. The number of nitrogens with two attached hydrogens (primary N) is 1. The lowest BCUT2D eigenvalue weighted by atomic mass is 10.1. The lowest BCUT2D eigenvalue weighted by Crippen LogP contribution is -2.09. The van der Waals surface area contributed by atoms with Crippen LogP contribution in [0.2, 0.25) is 0 Å². The smallest absolute Gasteiger partial charge is 0.336 e. The molecule has 0 bridgehead atoms. The molecule has 0 saturated heterocycles. The molecule has 0 aliphatic heterocycles. The van der Waals surface area contributed by atoms with Gasteiger partial charge in [-0.25, -0.2) is 4.79 Å². The number of rotatable bonds is 3. The zero-order valence-corrected chi connectivity index (χ0v) is 8.60. The Morgan fingerprint density at radius 3 is 2.81 bits per heavy atom. The van der Waals surface area contributed by atoms with Crippen molar-refractivity contribution in [2.45, 2.75) is 6.42 Å². The van der Waals surface area contributed by atoms with Crippen LogP contribution in [0.5, 0.6) is 0 Å². The SMILES string of the molecule is NCCC(=O)c1cccc2ccc(=O)oc12. The second-order valence-corrected chi connectivity index (χ2v) is 3.44. The summed E-state index contributed by atoms with van der Waals surface area (Å²) in [4.78, 5) is 22.8. The zero-order valence-electron chi connectivity index (χ0n) is 8.60. The van der Waals surface area contributed by atoms with Crippen molar-refractivity contribution in [3.05, 3.63) is 46.3 Å². The van der Waals surface area contributed by atoms with Gasteiger partial charge in [-0.15, -0.1) is 0 Å². The predicted octanol–water partition coefficient (Wildman–Crippen LogP) is 1.32. The van der Waals surface area contributed by atoms with Crippen LogP contribution in [0, 0.1) is 0 Å². The van der Waals surface area contributed by atoms with E-state index in [0.717, 1.165) is 5.39 Å². The van der Waals surface area contributed by atoms with Crippen molar-refractivity contribution in [3.8, 4) is 0 Å². The van der Waals surface area contributed by atoms with Crippen LogP contribution in [0.3, 0.4) is 0 Å². The van der Waals surface area contributed by atoms with Gasteiger partial charge in [0.05, 0.1) is 5.56 Å². The van der Waals surface area contributed by atoms with Gasteiger partial charge in [0.2, 0.25) is 0 Å². The van der Waals surface area contributed by atoms with Gasteiger partial charge in [0.25, 0.3) is 0 Å². The average Bonchev–Trinajstić information content (AvgIpc) is 2.28. The molecule has 1 aromatic heterocycles. The molecule has 1 aromatic carbocycles. The van der Waals surface area contributed by atoms with E-state index in [-0.39, 0.29) is 18.7 Å². The number of ketones is 1. The number of hydrogen-bond donors (Lipinski definition) is 1. The van der Waals surface area contributed by atoms with Crippen LogP contribution in [-0.4, -0.2) is 12.3 Å². The Morgan fingerprint density at radius 2 is 2.06 bits per heavy atom. The van der Waals surface area contributed by atoms with E-state index >= 15 is 0 Å². The fraction of sp³-hybridized carbons (Fsp3) is 0.167. The number of benzene rings is 1. The largest absolute Gasteiger partial charge is 0.422 e. The van der Waals surface area contributed by atoms with Gasteiger partial charge in [-0.1, -0.05) is 12.1 Å². The summed E-state index contributed by atoms with van der Waals surface area (Å²) in [5.41, 5.74) is 5.63. The molecule has 0 aliphatic rings. The molecule has 0 unspecified atom stereocenters. The van der Waals surface area contributed by atoms with Crippen LogP contribution >= 0.6 is 0 Å². The molecule has 4 heteroatoms. The summed E-state index contributed by atoms with van der Waals surface area (Å²) < 4.78 is 5.04. The number of carbonyl (C=O) groups is 1. The normalized spacial score (nSPS) is 10.6. The molecule has 0 aliphatic carbocycles. The summed E-state index contributed by atoms with van der Waals surface area (Å²) in [6, 6.07) is 8.16. The summed E-state index contributed by atoms with van der Waals surface area (Å²) >= 11 is 0. The highest BCUT2D eigenvalue weighted by atomic mass is 16.4. The molecule has 0 amide bonds. The van der Waals surface area contributed by atoms with E-state index in [1.165, 1.54) is 6.07 Å². The molecule has 0 fully saturated rings. The number of carbonyl (C=O) groups excluding carboxylic acids is 1. The molecule has 0 spiro atoms. The molecular formula is C12H11NO3. The monoisotopic (exact) mass is 217 g/mol. The van der Waals surface area contributed by atoms with Crippen LogP contribution in [0.4, 0.5) is 0 Å². The summed E-state index contributed by atoms with van der Waals surface area (Å²) in [6.07, 6.45) is 0.248. The highest BCUT2D eigenvalue weighted by Crippen LogP contribution is 2.18. The summed E-state index contributed by atoms with van der Waals surface area (Å²) in [7, 11) is 0. The van der Waals surface area contributed by atoms with E-state index in [1.807, 2.05) is 0 Å². The van der Waals surface area contributed by atoms with Crippen molar-refractivity contribution < 1.29 is 9.21 Å². The van der Waals surface area contributed by atoms with Crippen molar-refractivity contribution >= 4 is 16.8 Å². The van der Waals surface area contributed by atoms with Gasteiger partial charge < -0.3 is 10.2 Å². The van der Waals surface area contributed by atoms with Gasteiger partial charge >= 0.3 is 5.63 Å². The van der Waals surface area contributed by atoms with Gasteiger partial charge in [0, 0.05) is 17.9 Å². The minimum atomic E-state index is -0.458. The minimum absolute atomic E-state index is 0.109. The first kappa shape index (κ1) is 10.6. The van der Waals surface area contributed by atoms with Crippen LogP contribution in [0.1, 0.15) is 16.8 Å². The highest BCUT2D eigenvalue weighted by molar-refractivity contribution is 6.05. The molecule has 0 radical (unpaired) electrons. The van der Waals surface area contributed by atoms with Crippen molar-refractivity contribution in [1.82, 2.24) is 0 Å². The van der Waals surface area contributed by atoms with Gasteiger partial charge in [-0.05, 0) is 18.7 Å². The maximum atomic E-state index is 11.7. The first-order valence-electron chi connectivity index (χ1n) is 4.98. The van der Waals surface area contributed by atoms with E-state index < -0.39 is 5.63 Å². The van der Waals surface area contributed by atoms with Gasteiger partial charge in [0.15, 0.2) is 5.78 Å². The first-order valence-corrected chi connectivity index (χ1v) is 4.98.